The van der Waals surface area contributed by atoms with Gasteiger partial charge in [-0.3, -0.25) is 9.69 Å². The number of nitriles is 1. The lowest BCUT2D eigenvalue weighted by Crippen LogP contribution is -2.33. The van der Waals surface area contributed by atoms with Crippen LogP contribution in [-0.2, 0) is 11.3 Å². The molecule has 0 unspecified atom stereocenters. The number of benzene rings is 1. The van der Waals surface area contributed by atoms with Gasteiger partial charge >= 0.3 is 0 Å². The Morgan fingerprint density at radius 2 is 2.12 bits per heavy atom. The number of hydrogen-bond acceptors (Lipinski definition) is 6. The van der Waals surface area contributed by atoms with Crippen LogP contribution in [0.5, 0.6) is 0 Å². The Hall–Kier alpha value is -2.99. The van der Waals surface area contributed by atoms with Gasteiger partial charge in [0.25, 0.3) is 0 Å². The second kappa shape index (κ2) is 9.10. The molecule has 5 rings (SSSR count). The zero-order chi connectivity index (χ0) is 22.9. The standard InChI is InChI=1S/C25H25N5OS2/c1-16-17(2)30(14-18-7-6-12-32-18)24(19(16)13-26)28-23(31)15-29-11-5-9-21(29)25-27-20-8-3-4-10-22(20)33-25/h3-4,6-8,10,12,21H,5,9,11,14-15H2,1-2H3,(H,28,31)/t21-/m0/s1. The van der Waals surface area contributed by atoms with Crippen molar-refractivity contribution in [1.29, 1.82) is 5.26 Å². The van der Waals surface area contributed by atoms with E-state index in [4.69, 9.17) is 4.98 Å². The van der Waals surface area contributed by atoms with Crippen LogP contribution in [0, 0.1) is 25.2 Å². The highest BCUT2D eigenvalue weighted by Gasteiger charge is 2.30. The van der Waals surface area contributed by atoms with Crippen molar-refractivity contribution >= 4 is 44.6 Å². The minimum atomic E-state index is -0.0931. The predicted molar refractivity (Wildman–Crippen MR) is 134 cm³/mol. The third kappa shape index (κ3) is 4.20. The molecule has 6 nitrogen and oxygen atoms in total. The van der Waals surface area contributed by atoms with Crippen molar-refractivity contribution in [2.75, 3.05) is 18.4 Å². The lowest BCUT2D eigenvalue weighted by molar-refractivity contribution is -0.117. The van der Waals surface area contributed by atoms with Crippen LogP contribution in [0.4, 0.5) is 5.82 Å². The summed E-state index contributed by atoms with van der Waals surface area (Å²) in [5.74, 6) is 0.506. The molecule has 1 amide bonds. The molecule has 1 aliphatic rings. The quantitative estimate of drug-likeness (QED) is 0.401. The summed E-state index contributed by atoms with van der Waals surface area (Å²) >= 11 is 3.39. The highest BCUT2D eigenvalue weighted by molar-refractivity contribution is 7.18. The first kappa shape index (κ1) is 21.8. The summed E-state index contributed by atoms with van der Waals surface area (Å²) in [5, 5.41) is 16.0. The fraction of sp³-hybridized carbons (Fsp3) is 0.320. The number of para-hydroxylation sites is 1. The predicted octanol–water partition coefficient (Wildman–Crippen LogP) is 5.47. The molecule has 1 saturated heterocycles. The Balaban J connectivity index is 1.36. The largest absolute Gasteiger partial charge is 0.325 e. The number of aromatic nitrogens is 2. The topological polar surface area (TPSA) is 74.0 Å². The Morgan fingerprint density at radius 1 is 1.27 bits per heavy atom. The monoisotopic (exact) mass is 475 g/mol. The maximum atomic E-state index is 13.2. The molecule has 1 aliphatic heterocycles. The number of carbonyl (C=O) groups is 1. The van der Waals surface area contributed by atoms with Gasteiger partial charge < -0.3 is 9.88 Å². The molecular weight excluding hydrogens is 450 g/mol. The lowest BCUT2D eigenvalue weighted by atomic mass is 10.2. The van der Waals surface area contributed by atoms with Crippen molar-refractivity contribution < 1.29 is 4.79 Å². The second-order valence-electron chi connectivity index (χ2n) is 8.41. The van der Waals surface area contributed by atoms with Gasteiger partial charge in [0.05, 0.1) is 34.9 Å². The van der Waals surface area contributed by atoms with Gasteiger partial charge in [-0.25, -0.2) is 4.98 Å². The minimum Gasteiger partial charge on any atom is -0.325 e. The highest BCUT2D eigenvalue weighted by atomic mass is 32.1. The van der Waals surface area contributed by atoms with Crippen molar-refractivity contribution in [2.45, 2.75) is 39.3 Å². The van der Waals surface area contributed by atoms with Crippen molar-refractivity contribution in [3.63, 3.8) is 0 Å². The second-order valence-corrected chi connectivity index (χ2v) is 10.5. The van der Waals surface area contributed by atoms with Gasteiger partial charge in [0.15, 0.2) is 0 Å². The molecule has 4 aromatic rings. The van der Waals surface area contributed by atoms with E-state index in [1.165, 1.54) is 9.58 Å². The Morgan fingerprint density at radius 3 is 2.88 bits per heavy atom. The van der Waals surface area contributed by atoms with E-state index in [0.29, 0.717) is 17.9 Å². The van der Waals surface area contributed by atoms with Crippen LogP contribution in [0.3, 0.4) is 0 Å². The number of thiazole rings is 1. The third-order valence-electron chi connectivity index (χ3n) is 6.40. The molecule has 1 aromatic carbocycles. The van der Waals surface area contributed by atoms with Crippen LogP contribution in [0.25, 0.3) is 10.2 Å². The molecular formula is C25H25N5OS2. The van der Waals surface area contributed by atoms with E-state index < -0.39 is 0 Å². The number of nitrogens with zero attached hydrogens (tertiary/aromatic N) is 4. The van der Waals surface area contributed by atoms with Crippen molar-refractivity contribution in [1.82, 2.24) is 14.5 Å². The Kier molecular flexibility index (Phi) is 6.02. The SMILES string of the molecule is Cc1c(C#N)c(NC(=O)CN2CCC[C@H]2c2nc3ccccc3s2)n(Cc2cccs2)c1C. The molecule has 0 saturated carbocycles. The first-order chi connectivity index (χ1) is 16.0. The van der Waals surface area contributed by atoms with Gasteiger partial charge in [-0.15, -0.1) is 22.7 Å². The van der Waals surface area contributed by atoms with E-state index in [9.17, 15) is 10.1 Å². The number of fused-ring (bicyclic) bond motifs is 1. The lowest BCUT2D eigenvalue weighted by Gasteiger charge is -2.22. The smallest absolute Gasteiger partial charge is 0.239 e. The number of nitrogens with one attached hydrogen (secondary N) is 1. The molecule has 168 valence electrons. The van der Waals surface area contributed by atoms with E-state index in [-0.39, 0.29) is 18.5 Å². The third-order valence-corrected chi connectivity index (χ3v) is 8.40. The molecule has 0 bridgehead atoms. The zero-order valence-corrected chi connectivity index (χ0v) is 20.3. The number of anilines is 1. The van der Waals surface area contributed by atoms with Crippen LogP contribution >= 0.6 is 22.7 Å². The van der Waals surface area contributed by atoms with Crippen molar-refractivity contribution in [2.24, 2.45) is 0 Å². The average Bonchev–Trinajstić information content (AvgIpc) is 3.59. The first-order valence-corrected chi connectivity index (χ1v) is 12.8. The van der Waals surface area contributed by atoms with Crippen LogP contribution in [0.15, 0.2) is 41.8 Å². The molecule has 0 aliphatic carbocycles. The maximum absolute atomic E-state index is 13.2. The van der Waals surface area contributed by atoms with Gasteiger partial charge in [0.1, 0.15) is 16.9 Å². The van der Waals surface area contributed by atoms with Crippen LogP contribution in [-0.4, -0.2) is 33.4 Å². The summed E-state index contributed by atoms with van der Waals surface area (Å²) in [4.78, 5) is 21.4. The van der Waals surface area contributed by atoms with Crippen molar-refractivity contribution in [3.05, 3.63) is 68.5 Å². The van der Waals surface area contributed by atoms with E-state index in [1.807, 2.05) is 48.1 Å². The zero-order valence-electron chi connectivity index (χ0n) is 18.7. The van der Waals surface area contributed by atoms with E-state index in [1.54, 1.807) is 22.7 Å². The summed E-state index contributed by atoms with van der Waals surface area (Å²) in [6.45, 7) is 5.74. The number of likely N-dealkylation sites (tertiary alicyclic amines) is 1. The fourth-order valence-electron chi connectivity index (χ4n) is 4.57. The molecule has 0 radical (unpaired) electrons. The number of hydrogen-bond donors (Lipinski definition) is 1. The van der Waals surface area contributed by atoms with Crippen LogP contribution in [0.1, 0.15) is 45.6 Å². The first-order valence-electron chi connectivity index (χ1n) is 11.1. The van der Waals surface area contributed by atoms with Crippen molar-refractivity contribution in [3.8, 4) is 6.07 Å². The van der Waals surface area contributed by atoms with E-state index >= 15 is 0 Å². The number of amides is 1. The average molecular weight is 476 g/mol. The van der Waals surface area contributed by atoms with Gasteiger partial charge in [-0.1, -0.05) is 18.2 Å². The fourth-order valence-corrected chi connectivity index (χ4v) is 6.40. The van der Waals surface area contributed by atoms with Crippen LogP contribution < -0.4 is 5.32 Å². The highest BCUT2D eigenvalue weighted by Crippen LogP contribution is 2.36. The molecule has 33 heavy (non-hydrogen) atoms. The normalized spacial score (nSPS) is 16.3. The maximum Gasteiger partial charge on any atom is 0.239 e. The van der Waals surface area contributed by atoms with Gasteiger partial charge in [-0.05, 0) is 62.4 Å². The van der Waals surface area contributed by atoms with Gasteiger partial charge in [0.2, 0.25) is 5.91 Å². The summed E-state index contributed by atoms with van der Waals surface area (Å²) in [6.07, 6.45) is 2.05. The Labute approximate surface area is 201 Å². The summed E-state index contributed by atoms with van der Waals surface area (Å²) in [5.41, 5.74) is 3.48. The number of carbonyl (C=O) groups excluding carboxylic acids is 1. The Bertz CT molecular complexity index is 1310. The molecule has 1 atom stereocenters. The minimum absolute atomic E-state index is 0.0931. The summed E-state index contributed by atoms with van der Waals surface area (Å²) < 4.78 is 3.23. The molecule has 4 heterocycles. The van der Waals surface area contributed by atoms with E-state index in [2.05, 4.69) is 28.4 Å². The molecule has 8 heteroatoms. The molecule has 1 fully saturated rings. The molecule has 0 spiro atoms. The number of rotatable bonds is 6. The van der Waals surface area contributed by atoms with Crippen LogP contribution in [0.2, 0.25) is 0 Å². The summed E-state index contributed by atoms with van der Waals surface area (Å²) in [6, 6.07) is 14.7. The van der Waals surface area contributed by atoms with Gasteiger partial charge in [-0.2, -0.15) is 5.26 Å². The van der Waals surface area contributed by atoms with E-state index in [0.717, 1.165) is 41.2 Å². The molecule has 3 aromatic heterocycles. The van der Waals surface area contributed by atoms with Gasteiger partial charge in [0, 0.05) is 10.6 Å². The molecule has 1 N–H and O–H groups in total. The number of thiophene rings is 1. The summed E-state index contributed by atoms with van der Waals surface area (Å²) in [7, 11) is 0.